The smallest absolute Gasteiger partial charge is 0.253 e. The molecule has 2 amide bonds. The fourth-order valence-corrected chi connectivity index (χ4v) is 3.84. The van der Waals surface area contributed by atoms with E-state index >= 15 is 0 Å². The van der Waals surface area contributed by atoms with Crippen molar-refractivity contribution in [3.8, 4) is 5.69 Å². The zero-order valence-electron chi connectivity index (χ0n) is 16.8. The zero-order chi connectivity index (χ0) is 22.0. The summed E-state index contributed by atoms with van der Waals surface area (Å²) in [7, 11) is 0. The Hall–Kier alpha value is -3.14. The number of benzene rings is 2. The molecule has 10 heteroatoms. The summed E-state index contributed by atoms with van der Waals surface area (Å²) in [5.74, 6) is -0.469. The molecule has 1 fully saturated rings. The van der Waals surface area contributed by atoms with E-state index in [1.807, 2.05) is 12.1 Å². The van der Waals surface area contributed by atoms with Crippen molar-refractivity contribution < 1.29 is 14.0 Å². The predicted molar refractivity (Wildman–Crippen MR) is 115 cm³/mol. The van der Waals surface area contributed by atoms with Gasteiger partial charge < -0.3 is 10.2 Å². The number of nitrogens with zero attached hydrogens (tertiary/aromatic N) is 5. The van der Waals surface area contributed by atoms with Crippen molar-refractivity contribution in [2.45, 2.75) is 19.8 Å². The fraction of sp³-hybridized carbons (Fsp3) is 0.286. The number of hydrogen-bond acceptors (Lipinski definition) is 5. The molecule has 0 saturated carbocycles. The molecule has 0 spiro atoms. The Labute approximate surface area is 186 Å². The van der Waals surface area contributed by atoms with E-state index in [9.17, 15) is 14.0 Å². The van der Waals surface area contributed by atoms with E-state index in [1.54, 1.807) is 24.0 Å². The van der Waals surface area contributed by atoms with Gasteiger partial charge in [0.05, 0.1) is 0 Å². The lowest BCUT2D eigenvalue weighted by atomic mass is 9.95. The van der Waals surface area contributed by atoms with Crippen molar-refractivity contribution in [1.82, 2.24) is 25.1 Å². The topological polar surface area (TPSA) is 93.0 Å². The van der Waals surface area contributed by atoms with Crippen molar-refractivity contribution >= 4 is 33.4 Å². The minimum absolute atomic E-state index is 0.0358. The summed E-state index contributed by atoms with van der Waals surface area (Å²) in [6, 6.07) is 11.5. The van der Waals surface area contributed by atoms with Crippen molar-refractivity contribution in [3.63, 3.8) is 0 Å². The van der Waals surface area contributed by atoms with Crippen LogP contribution in [0.3, 0.4) is 0 Å². The van der Waals surface area contributed by atoms with Gasteiger partial charge in [0, 0.05) is 34.7 Å². The molecular weight excluding hydrogens is 467 g/mol. The summed E-state index contributed by atoms with van der Waals surface area (Å²) >= 11 is 3.36. The Morgan fingerprint density at radius 2 is 1.84 bits per heavy atom. The molecule has 1 aromatic heterocycles. The van der Waals surface area contributed by atoms with E-state index in [2.05, 4.69) is 36.8 Å². The average Bonchev–Trinajstić information content (AvgIpc) is 3.21. The number of hydrogen-bond donors (Lipinski definition) is 1. The van der Waals surface area contributed by atoms with Crippen LogP contribution in [0.5, 0.6) is 0 Å². The van der Waals surface area contributed by atoms with Crippen LogP contribution in [0.15, 0.2) is 46.9 Å². The maximum atomic E-state index is 14.2. The van der Waals surface area contributed by atoms with Crippen LogP contribution in [0.25, 0.3) is 5.69 Å². The fourth-order valence-electron chi connectivity index (χ4n) is 3.57. The van der Waals surface area contributed by atoms with Gasteiger partial charge in [-0.25, -0.2) is 4.39 Å². The molecule has 0 aliphatic carbocycles. The van der Waals surface area contributed by atoms with Gasteiger partial charge in [-0.15, -0.1) is 5.10 Å². The van der Waals surface area contributed by atoms with Crippen LogP contribution in [0.4, 0.5) is 10.1 Å². The molecular formula is C21H20BrFN6O2. The highest BCUT2D eigenvalue weighted by Crippen LogP contribution is 2.23. The molecule has 4 rings (SSSR count). The summed E-state index contributed by atoms with van der Waals surface area (Å²) in [5.41, 5.74) is 1.25. The standard InChI is InChI=1S/C21H20BrFN6O2/c1-13-25-26-27-29(13)19-12-17(6-7-18(19)23)24-20(30)14-8-10-28(11-9-14)21(31)15-2-4-16(22)5-3-15/h2-7,12,14H,8-11H2,1H3,(H,24,30). The van der Waals surface area contributed by atoms with Crippen LogP contribution in [0, 0.1) is 18.7 Å². The maximum Gasteiger partial charge on any atom is 0.253 e. The molecule has 0 unspecified atom stereocenters. The third-order valence-corrected chi connectivity index (χ3v) is 5.84. The van der Waals surface area contributed by atoms with Crippen LogP contribution in [-0.2, 0) is 4.79 Å². The Kier molecular flexibility index (Phi) is 6.08. The number of carbonyl (C=O) groups is 2. The molecule has 8 nitrogen and oxygen atoms in total. The number of likely N-dealkylation sites (tertiary alicyclic amines) is 1. The Balaban J connectivity index is 1.38. The first-order valence-corrected chi connectivity index (χ1v) is 10.6. The Bertz CT molecular complexity index is 1110. The normalized spacial score (nSPS) is 14.5. The second kappa shape index (κ2) is 8.93. The molecule has 2 aromatic carbocycles. The second-order valence-corrected chi connectivity index (χ2v) is 8.28. The van der Waals surface area contributed by atoms with Gasteiger partial charge >= 0.3 is 0 Å². The monoisotopic (exact) mass is 486 g/mol. The molecule has 160 valence electrons. The van der Waals surface area contributed by atoms with Gasteiger partial charge in [-0.3, -0.25) is 9.59 Å². The summed E-state index contributed by atoms with van der Waals surface area (Å²) in [4.78, 5) is 27.2. The number of anilines is 1. The predicted octanol–water partition coefficient (Wildman–Crippen LogP) is 3.36. The molecule has 0 atom stereocenters. The van der Waals surface area contributed by atoms with E-state index in [0.29, 0.717) is 43.0 Å². The van der Waals surface area contributed by atoms with Crippen molar-refractivity contribution in [1.29, 1.82) is 0 Å². The molecule has 1 aliphatic heterocycles. The third-order valence-electron chi connectivity index (χ3n) is 5.31. The largest absolute Gasteiger partial charge is 0.339 e. The van der Waals surface area contributed by atoms with E-state index in [4.69, 9.17) is 0 Å². The molecule has 1 aliphatic rings. The van der Waals surface area contributed by atoms with Gasteiger partial charge in [-0.1, -0.05) is 15.9 Å². The number of aryl methyl sites for hydroxylation is 1. The number of amides is 2. The number of tetrazole rings is 1. The van der Waals surface area contributed by atoms with Gasteiger partial charge in [0.15, 0.2) is 5.82 Å². The molecule has 2 heterocycles. The lowest BCUT2D eigenvalue weighted by Crippen LogP contribution is -2.41. The van der Waals surface area contributed by atoms with Crippen LogP contribution < -0.4 is 5.32 Å². The first kappa shape index (κ1) is 21.1. The van der Waals surface area contributed by atoms with Crippen molar-refractivity contribution in [2.24, 2.45) is 5.92 Å². The summed E-state index contributed by atoms with van der Waals surface area (Å²) in [6.07, 6.45) is 1.13. The molecule has 3 aromatic rings. The van der Waals surface area contributed by atoms with Gasteiger partial charge in [-0.2, -0.15) is 4.68 Å². The van der Waals surface area contributed by atoms with Crippen molar-refractivity contribution in [2.75, 3.05) is 18.4 Å². The van der Waals surface area contributed by atoms with E-state index in [0.717, 1.165) is 4.47 Å². The zero-order valence-corrected chi connectivity index (χ0v) is 18.3. The Morgan fingerprint density at radius 1 is 1.13 bits per heavy atom. The van der Waals surface area contributed by atoms with Crippen LogP contribution in [0.2, 0.25) is 0 Å². The lowest BCUT2D eigenvalue weighted by Gasteiger charge is -2.31. The number of aromatic nitrogens is 4. The van der Waals surface area contributed by atoms with Gasteiger partial charge in [0.2, 0.25) is 5.91 Å². The number of rotatable bonds is 4. The highest BCUT2D eigenvalue weighted by atomic mass is 79.9. The van der Waals surface area contributed by atoms with Crippen LogP contribution in [0.1, 0.15) is 29.0 Å². The minimum Gasteiger partial charge on any atom is -0.339 e. The van der Waals surface area contributed by atoms with Gasteiger partial charge in [0.1, 0.15) is 11.5 Å². The highest BCUT2D eigenvalue weighted by Gasteiger charge is 2.28. The average molecular weight is 487 g/mol. The summed E-state index contributed by atoms with van der Waals surface area (Å²) in [6.45, 7) is 2.67. The number of halogens is 2. The molecule has 1 N–H and O–H groups in total. The van der Waals surface area contributed by atoms with Crippen molar-refractivity contribution in [3.05, 3.63) is 64.1 Å². The van der Waals surface area contributed by atoms with E-state index in [-0.39, 0.29) is 23.4 Å². The van der Waals surface area contributed by atoms with Gasteiger partial charge in [0.25, 0.3) is 5.91 Å². The SMILES string of the molecule is Cc1nnnn1-c1cc(NC(=O)C2CCN(C(=O)c3ccc(Br)cc3)CC2)ccc1F. The third kappa shape index (κ3) is 4.63. The van der Waals surface area contributed by atoms with E-state index in [1.165, 1.54) is 22.9 Å². The quantitative estimate of drug-likeness (QED) is 0.610. The highest BCUT2D eigenvalue weighted by molar-refractivity contribution is 9.10. The molecule has 31 heavy (non-hydrogen) atoms. The molecule has 0 radical (unpaired) electrons. The lowest BCUT2D eigenvalue weighted by molar-refractivity contribution is -0.121. The summed E-state index contributed by atoms with van der Waals surface area (Å²) < 4.78 is 16.4. The maximum absolute atomic E-state index is 14.2. The summed E-state index contributed by atoms with van der Waals surface area (Å²) in [5, 5.41) is 13.9. The van der Waals surface area contributed by atoms with Crippen LogP contribution >= 0.6 is 15.9 Å². The Morgan fingerprint density at radius 3 is 2.48 bits per heavy atom. The number of piperidine rings is 1. The first-order chi connectivity index (χ1) is 14.9. The minimum atomic E-state index is -0.492. The number of nitrogens with one attached hydrogen (secondary N) is 1. The van der Waals surface area contributed by atoms with Gasteiger partial charge in [-0.05, 0) is 72.7 Å². The van der Waals surface area contributed by atoms with Crippen LogP contribution in [-0.4, -0.2) is 50.0 Å². The van der Waals surface area contributed by atoms with E-state index < -0.39 is 5.82 Å². The number of carbonyl (C=O) groups excluding carboxylic acids is 2. The molecule has 1 saturated heterocycles. The molecule has 0 bridgehead atoms. The first-order valence-electron chi connectivity index (χ1n) is 9.83. The second-order valence-electron chi connectivity index (χ2n) is 7.37.